The number of benzene rings is 2. The third-order valence-electron chi connectivity index (χ3n) is 4.90. The number of non-ortho nitro benzene ring substituents is 1. The van der Waals surface area contributed by atoms with Crippen LogP contribution in [0.5, 0.6) is 0 Å². The number of imide groups is 2. The van der Waals surface area contributed by atoms with Crippen LogP contribution in [0.4, 0.5) is 16.2 Å². The summed E-state index contributed by atoms with van der Waals surface area (Å²) in [7, 11) is 2.46. The van der Waals surface area contributed by atoms with Gasteiger partial charge >= 0.3 is 6.03 Å². The molecule has 1 aromatic heterocycles. The van der Waals surface area contributed by atoms with Crippen molar-refractivity contribution in [1.82, 2.24) is 14.8 Å². The van der Waals surface area contributed by atoms with Gasteiger partial charge in [0.25, 0.3) is 23.2 Å². The third kappa shape index (κ3) is 4.11. The van der Waals surface area contributed by atoms with Crippen LogP contribution in [0.1, 0.15) is 5.56 Å². The molecule has 0 spiro atoms. The van der Waals surface area contributed by atoms with Gasteiger partial charge in [-0.25, -0.2) is 9.78 Å². The molecule has 1 aliphatic rings. The molecule has 0 aliphatic carbocycles. The first kappa shape index (κ1) is 23.0. The van der Waals surface area contributed by atoms with Gasteiger partial charge in [-0.2, -0.15) is 0 Å². The second-order valence-electron chi connectivity index (χ2n) is 7.04. The van der Waals surface area contributed by atoms with Gasteiger partial charge in [-0.15, -0.1) is 11.3 Å². The zero-order valence-electron chi connectivity index (χ0n) is 17.5. The van der Waals surface area contributed by atoms with Gasteiger partial charge in [-0.05, 0) is 23.8 Å². The Morgan fingerprint density at radius 2 is 1.65 bits per heavy atom. The van der Waals surface area contributed by atoms with E-state index in [1.54, 1.807) is 0 Å². The molecule has 1 saturated heterocycles. The summed E-state index contributed by atoms with van der Waals surface area (Å²) in [5.74, 6) is -1.62. The SMILES string of the molecule is CN1C(=O)C(=Cc2ccc(Sc3nc4ccc([N+](=O)[O-])cc4s3)c([N+](=O)[O-])c2)C(=O)N(C)C1=O. The normalized spacial score (nSPS) is 14.2. The minimum absolute atomic E-state index is 0.0825. The number of carbonyl (C=O) groups excluding carboxylic acids is 3. The van der Waals surface area contributed by atoms with Crippen molar-refractivity contribution in [2.45, 2.75) is 9.24 Å². The molecular formula is C20H13N5O7S2. The topological polar surface area (TPSA) is 157 Å². The molecule has 14 heteroatoms. The maximum absolute atomic E-state index is 12.4. The van der Waals surface area contributed by atoms with Crippen LogP contribution in [0.15, 0.2) is 51.2 Å². The zero-order chi connectivity index (χ0) is 24.7. The number of nitrogens with zero attached hydrogens (tertiary/aromatic N) is 5. The van der Waals surface area contributed by atoms with E-state index in [0.717, 1.165) is 32.9 Å². The summed E-state index contributed by atoms with van der Waals surface area (Å²) >= 11 is 2.18. The maximum atomic E-state index is 12.4. The average molecular weight is 499 g/mol. The summed E-state index contributed by atoms with van der Waals surface area (Å²) in [6.45, 7) is 0. The molecule has 0 saturated carbocycles. The zero-order valence-corrected chi connectivity index (χ0v) is 19.1. The van der Waals surface area contributed by atoms with Gasteiger partial charge in [-0.3, -0.25) is 39.6 Å². The molecule has 3 aromatic rings. The molecule has 12 nitrogen and oxygen atoms in total. The smallest absolute Gasteiger partial charge is 0.268 e. The molecular weight excluding hydrogens is 486 g/mol. The van der Waals surface area contributed by atoms with E-state index in [9.17, 15) is 34.6 Å². The molecule has 4 amide bonds. The monoisotopic (exact) mass is 499 g/mol. The van der Waals surface area contributed by atoms with Gasteiger partial charge in [0.05, 0.1) is 25.0 Å². The molecule has 0 radical (unpaired) electrons. The van der Waals surface area contributed by atoms with Gasteiger partial charge in [-0.1, -0.05) is 17.8 Å². The van der Waals surface area contributed by atoms with E-state index in [1.165, 1.54) is 56.6 Å². The Labute approximate surface area is 198 Å². The van der Waals surface area contributed by atoms with Crippen molar-refractivity contribution in [2.75, 3.05) is 14.1 Å². The van der Waals surface area contributed by atoms with Crippen LogP contribution in [-0.4, -0.2) is 56.6 Å². The Morgan fingerprint density at radius 1 is 0.971 bits per heavy atom. The van der Waals surface area contributed by atoms with Gasteiger partial charge in [0, 0.05) is 32.3 Å². The lowest BCUT2D eigenvalue weighted by atomic mass is 10.1. The van der Waals surface area contributed by atoms with E-state index in [2.05, 4.69) is 4.98 Å². The summed E-state index contributed by atoms with van der Waals surface area (Å²) in [6.07, 6.45) is 1.20. The number of hydrogen-bond acceptors (Lipinski definition) is 10. The number of likely N-dealkylation sites (N-methyl/N-ethyl adjacent to an activating group) is 2. The van der Waals surface area contributed by atoms with Gasteiger partial charge < -0.3 is 0 Å². The number of aromatic nitrogens is 1. The molecule has 2 heterocycles. The summed E-state index contributed by atoms with van der Waals surface area (Å²) in [6, 6.07) is 7.62. The van der Waals surface area contributed by atoms with E-state index in [0.29, 0.717) is 14.6 Å². The number of nitro groups is 2. The number of rotatable bonds is 5. The maximum Gasteiger partial charge on any atom is 0.333 e. The first-order chi connectivity index (χ1) is 16.1. The second-order valence-corrected chi connectivity index (χ2v) is 9.36. The molecule has 0 bridgehead atoms. The highest BCUT2D eigenvalue weighted by Crippen LogP contribution is 2.40. The van der Waals surface area contributed by atoms with Crippen LogP contribution in [0.2, 0.25) is 0 Å². The molecule has 0 unspecified atom stereocenters. The number of amides is 4. The Morgan fingerprint density at radius 3 is 2.26 bits per heavy atom. The summed E-state index contributed by atoms with van der Waals surface area (Å²) in [5, 5.41) is 22.7. The Bertz CT molecular complexity index is 1420. The van der Waals surface area contributed by atoms with Crippen LogP contribution in [-0.2, 0) is 9.59 Å². The number of urea groups is 1. The average Bonchev–Trinajstić information content (AvgIpc) is 3.21. The van der Waals surface area contributed by atoms with Crippen LogP contribution in [0, 0.1) is 20.2 Å². The molecule has 4 rings (SSSR count). The van der Waals surface area contributed by atoms with E-state index in [1.807, 2.05) is 0 Å². The van der Waals surface area contributed by atoms with E-state index in [4.69, 9.17) is 0 Å². The van der Waals surface area contributed by atoms with Gasteiger partial charge in [0.1, 0.15) is 5.57 Å². The van der Waals surface area contributed by atoms with Gasteiger partial charge in [0.15, 0.2) is 4.34 Å². The molecule has 1 fully saturated rings. The largest absolute Gasteiger partial charge is 0.333 e. The van der Waals surface area contributed by atoms with E-state index in [-0.39, 0.29) is 27.4 Å². The highest BCUT2D eigenvalue weighted by Gasteiger charge is 2.37. The third-order valence-corrected chi connectivity index (χ3v) is 7.04. The predicted molar refractivity (Wildman–Crippen MR) is 122 cm³/mol. The summed E-state index contributed by atoms with van der Waals surface area (Å²) in [4.78, 5) is 64.4. The summed E-state index contributed by atoms with van der Waals surface area (Å²) < 4.78 is 1.02. The number of nitro benzene ring substituents is 2. The lowest BCUT2D eigenvalue weighted by molar-refractivity contribution is -0.387. The second kappa shape index (κ2) is 8.64. The minimum atomic E-state index is -0.808. The molecule has 172 valence electrons. The Kier molecular flexibility index (Phi) is 5.85. The van der Waals surface area contributed by atoms with Crippen molar-refractivity contribution >= 4 is 68.6 Å². The highest BCUT2D eigenvalue weighted by atomic mass is 32.2. The van der Waals surface area contributed by atoms with E-state index < -0.39 is 27.7 Å². The number of thiazole rings is 1. The van der Waals surface area contributed by atoms with Crippen molar-refractivity contribution in [1.29, 1.82) is 0 Å². The Hall–Kier alpha value is -4.17. The number of fused-ring (bicyclic) bond motifs is 1. The lowest BCUT2D eigenvalue weighted by Crippen LogP contribution is -2.52. The standard InChI is InChI=1S/C20H13N5O7S2/c1-22-17(26)12(18(27)23(2)20(22)28)7-10-3-6-15(14(8-10)25(31)32)33-19-21-13-5-4-11(24(29)30)9-16(13)34-19/h3-9H,1-2H3. The van der Waals surface area contributed by atoms with Crippen molar-refractivity contribution in [3.05, 3.63) is 67.8 Å². The van der Waals surface area contributed by atoms with Crippen molar-refractivity contribution < 1.29 is 24.2 Å². The van der Waals surface area contributed by atoms with Crippen LogP contribution >= 0.6 is 23.1 Å². The highest BCUT2D eigenvalue weighted by molar-refractivity contribution is 8.01. The molecule has 1 aliphatic heterocycles. The fourth-order valence-electron chi connectivity index (χ4n) is 3.14. The molecule has 2 aromatic carbocycles. The minimum Gasteiger partial charge on any atom is -0.268 e. The quantitative estimate of drug-likeness (QED) is 0.221. The first-order valence-electron chi connectivity index (χ1n) is 9.40. The number of carbonyl (C=O) groups is 3. The predicted octanol–water partition coefficient (Wildman–Crippen LogP) is 3.70. The van der Waals surface area contributed by atoms with Crippen molar-refractivity contribution in [3.63, 3.8) is 0 Å². The molecule has 34 heavy (non-hydrogen) atoms. The number of barbiturate groups is 1. The lowest BCUT2D eigenvalue weighted by Gasteiger charge is -2.28. The van der Waals surface area contributed by atoms with Crippen molar-refractivity contribution in [3.8, 4) is 0 Å². The fraction of sp³-hybridized carbons (Fsp3) is 0.100. The fourth-order valence-corrected chi connectivity index (χ4v) is 5.28. The van der Waals surface area contributed by atoms with Crippen LogP contribution < -0.4 is 0 Å². The van der Waals surface area contributed by atoms with Crippen LogP contribution in [0.25, 0.3) is 16.3 Å². The molecule has 0 N–H and O–H groups in total. The van der Waals surface area contributed by atoms with Crippen LogP contribution in [0.3, 0.4) is 0 Å². The number of hydrogen-bond donors (Lipinski definition) is 0. The summed E-state index contributed by atoms with van der Waals surface area (Å²) in [5.41, 5.74) is 0.0917. The van der Waals surface area contributed by atoms with Gasteiger partial charge in [0.2, 0.25) is 0 Å². The molecule has 0 atom stereocenters. The van der Waals surface area contributed by atoms with E-state index >= 15 is 0 Å². The van der Waals surface area contributed by atoms with Crippen molar-refractivity contribution in [2.24, 2.45) is 0 Å². The Balaban J connectivity index is 1.68. The first-order valence-corrected chi connectivity index (χ1v) is 11.0.